The zero-order valence-corrected chi connectivity index (χ0v) is 14.6. The minimum absolute atomic E-state index is 0.0401. The Kier molecular flexibility index (Phi) is 5.07. The molecule has 0 aliphatic carbocycles. The molecule has 1 heterocycles. The average Bonchev–Trinajstić information content (AvgIpc) is 2.63. The first-order valence-corrected chi connectivity index (χ1v) is 8.21. The number of benzene rings is 2. The molecule has 0 radical (unpaired) electrons. The van der Waals surface area contributed by atoms with Crippen molar-refractivity contribution in [1.82, 2.24) is 0 Å². The Balaban J connectivity index is 1.75. The van der Waals surface area contributed by atoms with Crippen molar-refractivity contribution in [3.63, 3.8) is 0 Å². The predicted molar refractivity (Wildman–Crippen MR) is 92.6 cm³/mol. The highest BCUT2D eigenvalue weighted by atomic mass is 16.6. The van der Waals surface area contributed by atoms with Gasteiger partial charge in [0.25, 0.3) is 0 Å². The van der Waals surface area contributed by atoms with Gasteiger partial charge in [0.15, 0.2) is 0 Å². The van der Waals surface area contributed by atoms with E-state index in [4.69, 9.17) is 18.9 Å². The first-order valence-electron chi connectivity index (χ1n) is 8.21. The van der Waals surface area contributed by atoms with Crippen LogP contribution in [0.25, 0.3) is 0 Å². The summed E-state index contributed by atoms with van der Waals surface area (Å²) in [7, 11) is 3.33. The number of hydrogen-bond acceptors (Lipinski definition) is 4. The van der Waals surface area contributed by atoms with Crippen molar-refractivity contribution in [2.45, 2.75) is 38.3 Å². The minimum Gasteiger partial charge on any atom is -0.497 e. The van der Waals surface area contributed by atoms with Crippen LogP contribution >= 0.6 is 0 Å². The monoisotopic (exact) mass is 328 g/mol. The van der Waals surface area contributed by atoms with E-state index in [2.05, 4.69) is 13.8 Å². The standard InChI is InChI=1S/C20H24O4/c1-13-19(15-5-9-17(21-3)10-6-15)24-14(2)20(23-13)16-7-11-18(22-4)12-8-16/h5-14,19-20H,1-4H3/t13-,14+,19+,20-. The van der Waals surface area contributed by atoms with Gasteiger partial charge in [0, 0.05) is 0 Å². The van der Waals surface area contributed by atoms with E-state index in [1.54, 1.807) is 14.2 Å². The normalized spacial score (nSPS) is 26.8. The maximum absolute atomic E-state index is 6.28. The molecule has 1 aliphatic heterocycles. The molecule has 1 fully saturated rings. The first kappa shape index (κ1) is 16.8. The molecule has 4 nitrogen and oxygen atoms in total. The summed E-state index contributed by atoms with van der Waals surface area (Å²) in [5, 5.41) is 0. The summed E-state index contributed by atoms with van der Waals surface area (Å²) in [6.07, 6.45) is -0.246. The lowest BCUT2D eigenvalue weighted by atomic mass is 9.98. The van der Waals surface area contributed by atoms with Crippen LogP contribution in [0.2, 0.25) is 0 Å². The molecule has 4 heteroatoms. The van der Waals surface area contributed by atoms with Gasteiger partial charge in [-0.05, 0) is 49.2 Å². The molecule has 0 N–H and O–H groups in total. The van der Waals surface area contributed by atoms with Crippen molar-refractivity contribution in [3.05, 3.63) is 59.7 Å². The van der Waals surface area contributed by atoms with Crippen LogP contribution < -0.4 is 9.47 Å². The van der Waals surface area contributed by atoms with Crippen molar-refractivity contribution in [1.29, 1.82) is 0 Å². The second kappa shape index (κ2) is 7.24. The molecule has 0 spiro atoms. The third kappa shape index (κ3) is 3.40. The third-order valence-corrected chi connectivity index (χ3v) is 4.46. The van der Waals surface area contributed by atoms with Gasteiger partial charge in [0.05, 0.1) is 26.4 Å². The molecule has 128 valence electrons. The van der Waals surface area contributed by atoms with E-state index >= 15 is 0 Å². The van der Waals surface area contributed by atoms with Gasteiger partial charge >= 0.3 is 0 Å². The van der Waals surface area contributed by atoms with Crippen LogP contribution in [-0.4, -0.2) is 26.4 Å². The zero-order valence-electron chi connectivity index (χ0n) is 14.6. The van der Waals surface area contributed by atoms with Gasteiger partial charge in [-0.3, -0.25) is 0 Å². The van der Waals surface area contributed by atoms with E-state index in [0.29, 0.717) is 0 Å². The number of methoxy groups -OCH3 is 2. The first-order chi connectivity index (χ1) is 11.6. The van der Waals surface area contributed by atoms with Gasteiger partial charge in [0.1, 0.15) is 23.7 Å². The topological polar surface area (TPSA) is 36.9 Å². The Hall–Kier alpha value is -2.04. The summed E-state index contributed by atoms with van der Waals surface area (Å²) in [4.78, 5) is 0. The van der Waals surface area contributed by atoms with Crippen LogP contribution in [0.1, 0.15) is 37.2 Å². The smallest absolute Gasteiger partial charge is 0.118 e. The molecule has 4 atom stereocenters. The average molecular weight is 328 g/mol. The molecule has 1 aliphatic rings. The second-order valence-electron chi connectivity index (χ2n) is 6.07. The predicted octanol–water partition coefficient (Wildman–Crippen LogP) is 4.31. The summed E-state index contributed by atoms with van der Waals surface area (Å²) >= 11 is 0. The van der Waals surface area contributed by atoms with Crippen LogP contribution in [-0.2, 0) is 9.47 Å². The fraction of sp³-hybridized carbons (Fsp3) is 0.400. The Morgan fingerprint density at radius 3 is 1.25 bits per heavy atom. The number of rotatable bonds is 4. The quantitative estimate of drug-likeness (QED) is 0.838. The van der Waals surface area contributed by atoms with Crippen molar-refractivity contribution < 1.29 is 18.9 Å². The summed E-state index contributed by atoms with van der Waals surface area (Å²) in [6, 6.07) is 15.9. The van der Waals surface area contributed by atoms with E-state index < -0.39 is 0 Å². The lowest BCUT2D eigenvalue weighted by Crippen LogP contribution is -2.37. The fourth-order valence-electron chi connectivity index (χ4n) is 3.11. The van der Waals surface area contributed by atoms with Crippen LogP contribution in [0.15, 0.2) is 48.5 Å². The minimum atomic E-state index is -0.0830. The second-order valence-corrected chi connectivity index (χ2v) is 6.07. The lowest BCUT2D eigenvalue weighted by Gasteiger charge is -2.39. The molecule has 0 bridgehead atoms. The Morgan fingerprint density at radius 2 is 0.958 bits per heavy atom. The SMILES string of the molecule is COc1ccc([C@H]2O[C@@H](C)[C@H](c3ccc(OC)cc3)O[C@@H]2C)cc1. The molecular weight excluding hydrogens is 304 g/mol. The number of hydrogen-bond donors (Lipinski definition) is 0. The van der Waals surface area contributed by atoms with Crippen molar-refractivity contribution >= 4 is 0 Å². The molecular formula is C20H24O4. The summed E-state index contributed by atoms with van der Waals surface area (Å²) in [5.41, 5.74) is 2.20. The highest BCUT2D eigenvalue weighted by Crippen LogP contribution is 2.39. The van der Waals surface area contributed by atoms with E-state index in [0.717, 1.165) is 22.6 Å². The van der Waals surface area contributed by atoms with Gasteiger partial charge < -0.3 is 18.9 Å². The fourth-order valence-corrected chi connectivity index (χ4v) is 3.11. The largest absolute Gasteiger partial charge is 0.497 e. The van der Waals surface area contributed by atoms with Crippen LogP contribution in [0.4, 0.5) is 0 Å². The zero-order chi connectivity index (χ0) is 17.1. The molecule has 2 aromatic carbocycles. The lowest BCUT2D eigenvalue weighted by molar-refractivity contribution is -0.215. The Morgan fingerprint density at radius 1 is 0.625 bits per heavy atom. The molecule has 0 unspecified atom stereocenters. The Labute approximate surface area is 143 Å². The molecule has 0 amide bonds. The molecule has 0 aromatic heterocycles. The highest BCUT2D eigenvalue weighted by Gasteiger charge is 2.36. The van der Waals surface area contributed by atoms with Gasteiger partial charge in [-0.2, -0.15) is 0 Å². The van der Waals surface area contributed by atoms with Gasteiger partial charge in [0.2, 0.25) is 0 Å². The van der Waals surface area contributed by atoms with E-state index in [1.807, 2.05) is 48.5 Å². The molecule has 0 saturated carbocycles. The van der Waals surface area contributed by atoms with Crippen LogP contribution in [0.3, 0.4) is 0 Å². The summed E-state index contributed by atoms with van der Waals surface area (Å²) in [6.45, 7) is 4.11. The number of ether oxygens (including phenoxy) is 4. The van der Waals surface area contributed by atoms with Crippen LogP contribution in [0, 0.1) is 0 Å². The van der Waals surface area contributed by atoms with Crippen LogP contribution in [0.5, 0.6) is 11.5 Å². The van der Waals surface area contributed by atoms with Gasteiger partial charge in [-0.15, -0.1) is 0 Å². The molecule has 24 heavy (non-hydrogen) atoms. The van der Waals surface area contributed by atoms with E-state index in [9.17, 15) is 0 Å². The van der Waals surface area contributed by atoms with Crippen molar-refractivity contribution in [3.8, 4) is 11.5 Å². The third-order valence-electron chi connectivity index (χ3n) is 4.46. The van der Waals surface area contributed by atoms with Gasteiger partial charge in [-0.1, -0.05) is 24.3 Å². The summed E-state index contributed by atoms with van der Waals surface area (Å²) < 4.78 is 23.0. The highest BCUT2D eigenvalue weighted by molar-refractivity contribution is 5.31. The van der Waals surface area contributed by atoms with E-state index in [1.165, 1.54) is 0 Å². The van der Waals surface area contributed by atoms with Crippen molar-refractivity contribution in [2.75, 3.05) is 14.2 Å². The molecule has 2 aromatic rings. The molecule has 3 rings (SSSR count). The maximum atomic E-state index is 6.28. The Bertz CT molecular complexity index is 591. The summed E-state index contributed by atoms with van der Waals surface area (Å²) in [5.74, 6) is 1.68. The van der Waals surface area contributed by atoms with E-state index in [-0.39, 0.29) is 24.4 Å². The molecule has 1 saturated heterocycles. The maximum Gasteiger partial charge on any atom is 0.118 e. The van der Waals surface area contributed by atoms with Crippen molar-refractivity contribution in [2.24, 2.45) is 0 Å². The van der Waals surface area contributed by atoms with Gasteiger partial charge in [-0.25, -0.2) is 0 Å².